The molecule has 4 nitrogen and oxygen atoms in total. The van der Waals surface area contributed by atoms with Crippen LogP contribution < -0.4 is 0 Å². The van der Waals surface area contributed by atoms with Crippen LogP contribution in [0.25, 0.3) is 0 Å². The third-order valence-electron chi connectivity index (χ3n) is 4.87. The van der Waals surface area contributed by atoms with Crippen LogP contribution in [0.1, 0.15) is 40.6 Å². The van der Waals surface area contributed by atoms with Gasteiger partial charge in [-0.05, 0) is 50.5 Å². The summed E-state index contributed by atoms with van der Waals surface area (Å²) in [5, 5.41) is 6.98. The van der Waals surface area contributed by atoms with Crippen molar-refractivity contribution < 1.29 is 13.6 Å². The van der Waals surface area contributed by atoms with Crippen molar-refractivity contribution in [1.82, 2.24) is 15.1 Å². The third kappa shape index (κ3) is 4.26. The van der Waals surface area contributed by atoms with Gasteiger partial charge in [0.1, 0.15) is 11.6 Å². The number of aromatic amines is 1. The molecule has 0 spiro atoms. The van der Waals surface area contributed by atoms with Gasteiger partial charge in [-0.25, -0.2) is 8.78 Å². The highest BCUT2D eigenvalue weighted by atomic mass is 32.2. The number of amides is 1. The van der Waals surface area contributed by atoms with Gasteiger partial charge in [0.2, 0.25) is 5.91 Å². The van der Waals surface area contributed by atoms with Gasteiger partial charge in [-0.3, -0.25) is 9.89 Å². The number of nitrogens with one attached hydrogen (secondary N) is 1. The fraction of sp³-hybridized carbons (Fsp3) is 0.474. The Balaban J connectivity index is 1.59. The maximum atomic E-state index is 14.0. The number of halogens is 2. The second-order valence-electron chi connectivity index (χ2n) is 6.61. The Hall–Kier alpha value is -1.89. The number of carbonyl (C=O) groups excluding carboxylic acids is 1. The Kier molecular flexibility index (Phi) is 5.96. The van der Waals surface area contributed by atoms with Gasteiger partial charge >= 0.3 is 0 Å². The molecule has 1 amide bonds. The predicted octanol–water partition coefficient (Wildman–Crippen LogP) is 3.94. The fourth-order valence-corrected chi connectivity index (χ4v) is 4.60. The van der Waals surface area contributed by atoms with Crippen molar-refractivity contribution in [2.24, 2.45) is 0 Å². The van der Waals surface area contributed by atoms with Gasteiger partial charge in [0.25, 0.3) is 0 Å². The first kappa shape index (κ1) is 18.9. The van der Waals surface area contributed by atoms with Crippen molar-refractivity contribution in [1.29, 1.82) is 0 Å². The molecule has 2 aromatic rings. The number of benzene rings is 1. The molecule has 1 atom stereocenters. The van der Waals surface area contributed by atoms with Gasteiger partial charge in [0.15, 0.2) is 0 Å². The minimum atomic E-state index is -0.426. The summed E-state index contributed by atoms with van der Waals surface area (Å²) in [4.78, 5) is 14.4. The van der Waals surface area contributed by atoms with E-state index in [0.29, 0.717) is 37.9 Å². The number of aromatic nitrogens is 2. The average Bonchev–Trinajstić information content (AvgIpc) is 2.82. The van der Waals surface area contributed by atoms with E-state index in [2.05, 4.69) is 10.2 Å². The van der Waals surface area contributed by atoms with Crippen LogP contribution >= 0.6 is 11.8 Å². The molecule has 1 aliphatic heterocycles. The zero-order valence-electron chi connectivity index (χ0n) is 15.0. The van der Waals surface area contributed by atoms with Gasteiger partial charge < -0.3 is 4.90 Å². The predicted molar refractivity (Wildman–Crippen MR) is 99.1 cm³/mol. The zero-order chi connectivity index (χ0) is 18.7. The first-order valence-corrected chi connectivity index (χ1v) is 9.85. The summed E-state index contributed by atoms with van der Waals surface area (Å²) in [5.41, 5.74) is 3.43. The third-order valence-corrected chi connectivity index (χ3v) is 6.18. The molecule has 1 aromatic carbocycles. The number of carbonyl (C=O) groups is 1. The number of thioether (sulfide) groups is 1. The van der Waals surface area contributed by atoms with E-state index in [9.17, 15) is 13.6 Å². The minimum absolute atomic E-state index is 0.103. The summed E-state index contributed by atoms with van der Waals surface area (Å²) in [7, 11) is 0. The molecule has 1 saturated heterocycles. The molecule has 1 N–H and O–H groups in total. The lowest BCUT2D eigenvalue weighted by atomic mass is 10.1. The SMILES string of the molecule is Cc1n[nH]c(C)c1CCC(=O)N1CCSC(c2cc(F)ccc2F)CC1. The van der Waals surface area contributed by atoms with E-state index < -0.39 is 5.82 Å². The topological polar surface area (TPSA) is 49.0 Å². The molecule has 7 heteroatoms. The van der Waals surface area contributed by atoms with Gasteiger partial charge in [-0.2, -0.15) is 16.9 Å². The molecule has 1 fully saturated rings. The number of aryl methyl sites for hydroxylation is 2. The van der Waals surface area contributed by atoms with E-state index in [1.54, 1.807) is 11.8 Å². The molecule has 0 aliphatic carbocycles. The van der Waals surface area contributed by atoms with Crippen LogP contribution in [-0.4, -0.2) is 39.8 Å². The zero-order valence-corrected chi connectivity index (χ0v) is 15.8. The summed E-state index contributed by atoms with van der Waals surface area (Å²) in [6.45, 7) is 5.10. The summed E-state index contributed by atoms with van der Waals surface area (Å²) < 4.78 is 27.5. The minimum Gasteiger partial charge on any atom is -0.342 e. The molecule has 2 heterocycles. The Labute approximate surface area is 156 Å². The average molecular weight is 379 g/mol. The maximum absolute atomic E-state index is 14.0. The van der Waals surface area contributed by atoms with Crippen molar-refractivity contribution in [3.05, 3.63) is 52.3 Å². The molecule has 3 rings (SSSR count). The highest BCUT2D eigenvalue weighted by Gasteiger charge is 2.24. The van der Waals surface area contributed by atoms with Crippen LogP contribution in [0.4, 0.5) is 8.78 Å². The fourth-order valence-electron chi connectivity index (χ4n) is 3.36. The molecule has 0 radical (unpaired) electrons. The van der Waals surface area contributed by atoms with Gasteiger partial charge in [0, 0.05) is 41.8 Å². The quantitative estimate of drug-likeness (QED) is 0.875. The smallest absolute Gasteiger partial charge is 0.222 e. The van der Waals surface area contributed by atoms with Crippen molar-refractivity contribution in [3.63, 3.8) is 0 Å². The number of H-pyrrole nitrogens is 1. The number of hydrogen-bond acceptors (Lipinski definition) is 3. The highest BCUT2D eigenvalue weighted by molar-refractivity contribution is 7.99. The van der Waals surface area contributed by atoms with E-state index in [1.165, 1.54) is 12.1 Å². The number of hydrogen-bond donors (Lipinski definition) is 1. The summed E-state index contributed by atoms with van der Waals surface area (Å²) in [6.07, 6.45) is 1.73. The van der Waals surface area contributed by atoms with Gasteiger partial charge in [-0.15, -0.1) is 0 Å². The molecule has 0 bridgehead atoms. The van der Waals surface area contributed by atoms with Crippen LogP contribution in [0.5, 0.6) is 0 Å². The van der Waals surface area contributed by atoms with Crippen molar-refractivity contribution >= 4 is 17.7 Å². The molecule has 140 valence electrons. The normalized spacial score (nSPS) is 18.0. The van der Waals surface area contributed by atoms with E-state index in [4.69, 9.17) is 0 Å². The Bertz CT molecular complexity index is 774. The molecule has 1 unspecified atom stereocenters. The lowest BCUT2D eigenvalue weighted by molar-refractivity contribution is -0.130. The van der Waals surface area contributed by atoms with E-state index in [0.717, 1.165) is 28.8 Å². The molecule has 0 saturated carbocycles. The van der Waals surface area contributed by atoms with Crippen molar-refractivity contribution in [2.45, 2.75) is 38.4 Å². The van der Waals surface area contributed by atoms with Gasteiger partial charge in [-0.1, -0.05) is 0 Å². The summed E-state index contributed by atoms with van der Waals surface area (Å²) in [5.74, 6) is 0.0152. The van der Waals surface area contributed by atoms with Crippen LogP contribution in [-0.2, 0) is 11.2 Å². The van der Waals surface area contributed by atoms with Crippen LogP contribution in [0.15, 0.2) is 18.2 Å². The molecular formula is C19H23F2N3OS. The van der Waals surface area contributed by atoms with Crippen LogP contribution in [0.2, 0.25) is 0 Å². The van der Waals surface area contributed by atoms with Gasteiger partial charge in [0.05, 0.1) is 5.69 Å². The highest BCUT2D eigenvalue weighted by Crippen LogP contribution is 2.36. The number of nitrogens with zero attached hydrogens (tertiary/aromatic N) is 2. The first-order chi connectivity index (χ1) is 12.5. The van der Waals surface area contributed by atoms with E-state index in [1.807, 2.05) is 18.7 Å². The monoisotopic (exact) mass is 379 g/mol. The first-order valence-electron chi connectivity index (χ1n) is 8.80. The van der Waals surface area contributed by atoms with Crippen LogP contribution in [0, 0.1) is 25.5 Å². The molecule has 26 heavy (non-hydrogen) atoms. The Morgan fingerprint density at radius 1 is 1.35 bits per heavy atom. The second kappa shape index (κ2) is 8.20. The lowest BCUT2D eigenvalue weighted by Crippen LogP contribution is -2.33. The summed E-state index contributed by atoms with van der Waals surface area (Å²) >= 11 is 1.59. The standard InChI is InChI=1S/C19H23F2N3OS/c1-12-15(13(2)23-22-12)4-6-19(25)24-8-7-18(26-10-9-24)16-11-14(20)3-5-17(16)21/h3,5,11,18H,4,6-10H2,1-2H3,(H,22,23). The lowest BCUT2D eigenvalue weighted by Gasteiger charge is -2.20. The second-order valence-corrected chi connectivity index (χ2v) is 7.92. The molecule has 1 aliphatic rings. The van der Waals surface area contributed by atoms with Crippen molar-refractivity contribution in [2.75, 3.05) is 18.8 Å². The maximum Gasteiger partial charge on any atom is 0.222 e. The Morgan fingerprint density at radius 3 is 2.88 bits per heavy atom. The van der Waals surface area contributed by atoms with Crippen molar-refractivity contribution in [3.8, 4) is 0 Å². The van der Waals surface area contributed by atoms with E-state index in [-0.39, 0.29) is 17.0 Å². The summed E-state index contributed by atoms with van der Waals surface area (Å²) in [6, 6.07) is 3.58. The van der Waals surface area contributed by atoms with Crippen LogP contribution in [0.3, 0.4) is 0 Å². The number of rotatable bonds is 4. The molecule has 1 aromatic heterocycles. The van der Waals surface area contributed by atoms with E-state index >= 15 is 0 Å². The Morgan fingerprint density at radius 2 is 2.15 bits per heavy atom. The largest absolute Gasteiger partial charge is 0.342 e. The molecular weight excluding hydrogens is 356 g/mol.